The van der Waals surface area contributed by atoms with Gasteiger partial charge in [-0.2, -0.15) is 5.26 Å². The van der Waals surface area contributed by atoms with Crippen LogP contribution >= 0.6 is 0 Å². The van der Waals surface area contributed by atoms with Gasteiger partial charge in [-0.25, -0.2) is 0 Å². The number of nitriles is 1. The van der Waals surface area contributed by atoms with Gasteiger partial charge in [0.1, 0.15) is 0 Å². The van der Waals surface area contributed by atoms with E-state index in [1.165, 1.54) is 11.1 Å². The van der Waals surface area contributed by atoms with E-state index >= 15 is 0 Å². The van der Waals surface area contributed by atoms with E-state index in [0.717, 1.165) is 16.8 Å². The van der Waals surface area contributed by atoms with Gasteiger partial charge in [-0.15, -0.1) is 0 Å². The predicted molar refractivity (Wildman–Crippen MR) is 90.2 cm³/mol. The summed E-state index contributed by atoms with van der Waals surface area (Å²) in [7, 11) is 4.03. The Bertz CT molecular complexity index is 681. The van der Waals surface area contributed by atoms with Crippen LogP contribution in [-0.4, -0.2) is 14.1 Å². The molecule has 2 aromatic rings. The van der Waals surface area contributed by atoms with E-state index in [4.69, 9.17) is 0 Å². The van der Waals surface area contributed by atoms with Gasteiger partial charge in [-0.1, -0.05) is 41.5 Å². The Morgan fingerprint density at radius 3 is 2.05 bits per heavy atom. The second-order valence-electron chi connectivity index (χ2n) is 5.53. The Morgan fingerprint density at radius 2 is 1.57 bits per heavy atom. The third-order valence-corrected chi connectivity index (χ3v) is 3.37. The van der Waals surface area contributed by atoms with Crippen LogP contribution in [0.4, 0.5) is 5.69 Å². The first-order valence-electron chi connectivity index (χ1n) is 6.97. The lowest BCUT2D eigenvalue weighted by molar-refractivity contribution is 1.13. The van der Waals surface area contributed by atoms with Crippen LogP contribution in [0.15, 0.2) is 42.5 Å². The van der Waals surface area contributed by atoms with Crippen LogP contribution in [0.25, 0.3) is 11.6 Å². The second-order valence-corrected chi connectivity index (χ2v) is 5.53. The van der Waals surface area contributed by atoms with Crippen molar-refractivity contribution in [3.63, 3.8) is 0 Å². The molecule has 0 N–H and O–H groups in total. The van der Waals surface area contributed by atoms with Gasteiger partial charge < -0.3 is 4.90 Å². The lowest BCUT2D eigenvalue weighted by Gasteiger charge is -2.12. The van der Waals surface area contributed by atoms with Crippen LogP contribution in [0, 0.1) is 25.2 Å². The monoisotopic (exact) mass is 276 g/mol. The van der Waals surface area contributed by atoms with Crippen molar-refractivity contribution in [1.29, 1.82) is 5.26 Å². The third kappa shape index (κ3) is 3.73. The fourth-order valence-electron chi connectivity index (χ4n) is 2.35. The molecule has 0 aliphatic heterocycles. The molecule has 0 fully saturated rings. The van der Waals surface area contributed by atoms with E-state index in [9.17, 15) is 5.26 Å². The fourth-order valence-corrected chi connectivity index (χ4v) is 2.35. The minimum atomic E-state index is 0.694. The summed E-state index contributed by atoms with van der Waals surface area (Å²) < 4.78 is 0. The molecule has 0 bridgehead atoms. The van der Waals surface area contributed by atoms with Crippen molar-refractivity contribution in [2.75, 3.05) is 19.0 Å². The standard InChI is InChI=1S/C19H20N2/c1-14-9-15(2)11-17(10-14)18(13-20)12-16-5-7-19(8-6-16)21(3)4/h5-12H,1-4H3/b18-12-. The molecule has 0 aromatic heterocycles. The zero-order valence-electron chi connectivity index (χ0n) is 13.0. The van der Waals surface area contributed by atoms with Gasteiger partial charge in [0.15, 0.2) is 0 Å². The maximum Gasteiger partial charge on any atom is 0.0998 e. The van der Waals surface area contributed by atoms with Gasteiger partial charge in [-0.05, 0) is 43.2 Å². The van der Waals surface area contributed by atoms with Gasteiger partial charge in [-0.3, -0.25) is 0 Å². The van der Waals surface area contributed by atoms with Crippen molar-refractivity contribution in [1.82, 2.24) is 0 Å². The molecular weight excluding hydrogens is 256 g/mol. The normalized spacial score (nSPS) is 11.1. The summed E-state index contributed by atoms with van der Waals surface area (Å²) in [6, 6.07) is 16.7. The second kappa shape index (κ2) is 6.28. The fraction of sp³-hybridized carbons (Fsp3) is 0.211. The molecule has 106 valence electrons. The summed E-state index contributed by atoms with van der Waals surface area (Å²) in [6.45, 7) is 4.11. The van der Waals surface area contributed by atoms with E-state index in [2.05, 4.69) is 55.1 Å². The quantitative estimate of drug-likeness (QED) is 0.612. The SMILES string of the molecule is Cc1cc(C)cc(/C(C#N)=C\c2ccc(N(C)C)cc2)c1. The van der Waals surface area contributed by atoms with Crippen LogP contribution in [0.2, 0.25) is 0 Å². The molecule has 0 spiro atoms. The van der Waals surface area contributed by atoms with Crippen LogP contribution in [0.5, 0.6) is 0 Å². The first-order chi connectivity index (χ1) is 9.99. The Labute approximate surface area is 127 Å². The van der Waals surface area contributed by atoms with Crippen molar-refractivity contribution in [2.24, 2.45) is 0 Å². The highest BCUT2D eigenvalue weighted by molar-refractivity contribution is 5.90. The Morgan fingerprint density at radius 1 is 1.00 bits per heavy atom. The summed E-state index contributed by atoms with van der Waals surface area (Å²) in [5.41, 5.74) is 6.21. The highest BCUT2D eigenvalue weighted by Crippen LogP contribution is 2.21. The highest BCUT2D eigenvalue weighted by Gasteiger charge is 2.03. The van der Waals surface area contributed by atoms with E-state index in [1.807, 2.05) is 32.3 Å². The molecular formula is C19H20N2. The van der Waals surface area contributed by atoms with Crippen molar-refractivity contribution in [3.05, 3.63) is 64.7 Å². The average Bonchev–Trinajstić information content (AvgIpc) is 2.44. The molecule has 0 aliphatic carbocycles. The van der Waals surface area contributed by atoms with Gasteiger partial charge >= 0.3 is 0 Å². The minimum absolute atomic E-state index is 0.694. The van der Waals surface area contributed by atoms with Crippen molar-refractivity contribution >= 4 is 17.3 Å². The van der Waals surface area contributed by atoms with Crippen molar-refractivity contribution in [3.8, 4) is 6.07 Å². The summed E-state index contributed by atoms with van der Waals surface area (Å²) in [4.78, 5) is 2.06. The molecule has 0 saturated heterocycles. The Hall–Kier alpha value is -2.53. The Balaban J connectivity index is 2.38. The third-order valence-electron chi connectivity index (χ3n) is 3.37. The molecule has 2 heteroatoms. The number of aryl methyl sites for hydroxylation is 2. The number of allylic oxidation sites excluding steroid dienone is 1. The van der Waals surface area contributed by atoms with Crippen LogP contribution in [-0.2, 0) is 0 Å². The average molecular weight is 276 g/mol. The summed E-state index contributed by atoms with van der Waals surface area (Å²) in [5.74, 6) is 0. The number of benzene rings is 2. The molecule has 0 saturated carbocycles. The Kier molecular flexibility index (Phi) is 4.45. The molecule has 0 radical (unpaired) electrons. The smallest absolute Gasteiger partial charge is 0.0998 e. The van der Waals surface area contributed by atoms with Crippen molar-refractivity contribution in [2.45, 2.75) is 13.8 Å². The first kappa shape index (κ1) is 14.9. The zero-order chi connectivity index (χ0) is 15.4. The highest BCUT2D eigenvalue weighted by atomic mass is 15.1. The molecule has 2 rings (SSSR count). The summed E-state index contributed by atoms with van der Waals surface area (Å²) in [6.07, 6.45) is 1.94. The van der Waals surface area contributed by atoms with E-state index in [0.29, 0.717) is 5.57 Å². The topological polar surface area (TPSA) is 27.0 Å². The largest absolute Gasteiger partial charge is 0.378 e. The van der Waals surface area contributed by atoms with E-state index < -0.39 is 0 Å². The number of rotatable bonds is 3. The number of hydrogen-bond acceptors (Lipinski definition) is 2. The first-order valence-corrected chi connectivity index (χ1v) is 6.97. The number of hydrogen-bond donors (Lipinski definition) is 0. The van der Waals surface area contributed by atoms with Crippen LogP contribution in [0.1, 0.15) is 22.3 Å². The van der Waals surface area contributed by atoms with E-state index in [-0.39, 0.29) is 0 Å². The van der Waals surface area contributed by atoms with Gasteiger partial charge in [0.2, 0.25) is 0 Å². The molecule has 21 heavy (non-hydrogen) atoms. The molecule has 2 nitrogen and oxygen atoms in total. The molecule has 0 aliphatic rings. The maximum atomic E-state index is 9.44. The number of nitrogens with zero attached hydrogens (tertiary/aromatic N) is 2. The summed E-state index contributed by atoms with van der Waals surface area (Å²) >= 11 is 0. The minimum Gasteiger partial charge on any atom is -0.378 e. The van der Waals surface area contributed by atoms with Crippen LogP contribution in [0.3, 0.4) is 0 Å². The molecule has 0 heterocycles. The molecule has 0 atom stereocenters. The van der Waals surface area contributed by atoms with Crippen molar-refractivity contribution < 1.29 is 0 Å². The van der Waals surface area contributed by atoms with Crippen LogP contribution < -0.4 is 4.90 Å². The predicted octanol–water partition coefficient (Wildman–Crippen LogP) is 4.43. The van der Waals surface area contributed by atoms with Gasteiger partial charge in [0, 0.05) is 19.8 Å². The number of anilines is 1. The molecule has 0 unspecified atom stereocenters. The van der Waals surface area contributed by atoms with Gasteiger partial charge in [0.05, 0.1) is 11.6 Å². The van der Waals surface area contributed by atoms with E-state index in [1.54, 1.807) is 0 Å². The zero-order valence-corrected chi connectivity index (χ0v) is 13.0. The lowest BCUT2D eigenvalue weighted by Crippen LogP contribution is -2.07. The lowest BCUT2D eigenvalue weighted by atomic mass is 9.99. The van der Waals surface area contributed by atoms with Gasteiger partial charge in [0.25, 0.3) is 0 Å². The maximum absolute atomic E-state index is 9.44. The molecule has 2 aromatic carbocycles. The molecule has 0 amide bonds. The summed E-state index contributed by atoms with van der Waals surface area (Å²) in [5, 5.41) is 9.44.